The zero-order valence-electron chi connectivity index (χ0n) is 11.4. The van der Waals surface area contributed by atoms with Gasteiger partial charge in [0.15, 0.2) is 0 Å². The molecule has 1 aliphatic carbocycles. The first-order valence-corrected chi connectivity index (χ1v) is 6.41. The Kier molecular flexibility index (Phi) is 3.57. The molecule has 2 amide bonds. The van der Waals surface area contributed by atoms with Crippen LogP contribution in [0.15, 0.2) is 18.2 Å². The number of aromatic carboxylic acids is 1. The van der Waals surface area contributed by atoms with Crippen molar-refractivity contribution in [1.29, 1.82) is 0 Å². The third-order valence-corrected chi connectivity index (χ3v) is 3.72. The van der Waals surface area contributed by atoms with E-state index in [2.05, 4.69) is 24.5 Å². The number of urea groups is 1. The number of aromatic hydroxyl groups is 1. The van der Waals surface area contributed by atoms with Gasteiger partial charge in [0.25, 0.3) is 0 Å². The van der Waals surface area contributed by atoms with Crippen LogP contribution in [0, 0.1) is 11.3 Å². The lowest BCUT2D eigenvalue weighted by Crippen LogP contribution is -2.31. The molecule has 20 heavy (non-hydrogen) atoms. The van der Waals surface area contributed by atoms with Crippen LogP contribution in [-0.4, -0.2) is 28.8 Å². The summed E-state index contributed by atoms with van der Waals surface area (Å²) in [4.78, 5) is 22.4. The van der Waals surface area contributed by atoms with Gasteiger partial charge in [0, 0.05) is 6.54 Å². The van der Waals surface area contributed by atoms with Gasteiger partial charge in [-0.2, -0.15) is 0 Å². The number of carboxylic acids is 1. The van der Waals surface area contributed by atoms with E-state index in [0.717, 1.165) is 12.5 Å². The third-order valence-electron chi connectivity index (χ3n) is 3.72. The molecule has 0 aromatic heterocycles. The average molecular weight is 278 g/mol. The van der Waals surface area contributed by atoms with Gasteiger partial charge in [-0.05, 0) is 36.0 Å². The largest absolute Gasteiger partial charge is 0.506 e. The van der Waals surface area contributed by atoms with E-state index in [9.17, 15) is 14.7 Å². The van der Waals surface area contributed by atoms with Crippen LogP contribution in [0.25, 0.3) is 0 Å². The summed E-state index contributed by atoms with van der Waals surface area (Å²) in [6, 6.07) is 3.37. The molecule has 0 radical (unpaired) electrons. The summed E-state index contributed by atoms with van der Waals surface area (Å²) in [5.74, 6) is -0.921. The zero-order valence-corrected chi connectivity index (χ0v) is 11.4. The minimum absolute atomic E-state index is 0.0341. The van der Waals surface area contributed by atoms with Crippen LogP contribution < -0.4 is 10.6 Å². The van der Waals surface area contributed by atoms with Gasteiger partial charge in [-0.3, -0.25) is 0 Å². The summed E-state index contributed by atoms with van der Waals surface area (Å²) >= 11 is 0. The SMILES string of the molecule is CC1(C)CC1CNC(=O)Nc1ccc(C(=O)O)cc1O. The van der Waals surface area contributed by atoms with E-state index in [1.54, 1.807) is 0 Å². The molecule has 6 heteroatoms. The van der Waals surface area contributed by atoms with E-state index < -0.39 is 12.0 Å². The van der Waals surface area contributed by atoms with Gasteiger partial charge in [-0.15, -0.1) is 0 Å². The fourth-order valence-corrected chi connectivity index (χ4v) is 2.08. The molecule has 0 aliphatic heterocycles. The summed E-state index contributed by atoms with van der Waals surface area (Å²) in [6.45, 7) is 4.88. The molecular weight excluding hydrogens is 260 g/mol. The first-order valence-electron chi connectivity index (χ1n) is 6.41. The lowest BCUT2D eigenvalue weighted by Gasteiger charge is -2.10. The number of carbonyl (C=O) groups is 2. The molecule has 1 atom stereocenters. The molecular formula is C14H18N2O4. The van der Waals surface area contributed by atoms with Crippen molar-refractivity contribution in [3.8, 4) is 5.75 Å². The Balaban J connectivity index is 1.89. The maximum Gasteiger partial charge on any atom is 0.335 e. The van der Waals surface area contributed by atoms with Gasteiger partial charge < -0.3 is 20.8 Å². The second-order valence-electron chi connectivity index (χ2n) is 5.76. The highest BCUT2D eigenvalue weighted by Gasteiger charge is 2.45. The van der Waals surface area contributed by atoms with E-state index in [4.69, 9.17) is 5.11 Å². The smallest absolute Gasteiger partial charge is 0.335 e. The monoisotopic (exact) mass is 278 g/mol. The van der Waals surface area contributed by atoms with E-state index in [0.29, 0.717) is 17.9 Å². The number of carboxylic acid groups (broad SMARTS) is 1. The van der Waals surface area contributed by atoms with Crippen molar-refractivity contribution in [3.05, 3.63) is 23.8 Å². The molecule has 0 heterocycles. The number of hydrogen-bond donors (Lipinski definition) is 4. The minimum Gasteiger partial charge on any atom is -0.506 e. The topological polar surface area (TPSA) is 98.7 Å². The van der Waals surface area contributed by atoms with Gasteiger partial charge in [-0.25, -0.2) is 9.59 Å². The predicted molar refractivity (Wildman–Crippen MR) is 74.0 cm³/mol. The van der Waals surface area contributed by atoms with Crippen LogP contribution >= 0.6 is 0 Å². The Morgan fingerprint density at radius 3 is 2.55 bits per heavy atom. The lowest BCUT2D eigenvalue weighted by atomic mass is 10.1. The Morgan fingerprint density at radius 1 is 1.40 bits per heavy atom. The lowest BCUT2D eigenvalue weighted by molar-refractivity contribution is 0.0696. The standard InChI is InChI=1S/C14H18N2O4/c1-14(2)6-9(14)7-15-13(20)16-10-4-3-8(12(18)19)5-11(10)17/h3-5,9,17H,6-7H2,1-2H3,(H,18,19)(H2,15,16,20). The van der Waals surface area contributed by atoms with Crippen molar-refractivity contribution in [2.45, 2.75) is 20.3 Å². The number of phenolic OH excluding ortho intramolecular Hbond substituents is 1. The summed E-state index contributed by atoms with van der Waals surface area (Å²) in [5.41, 5.74) is 0.439. The number of amides is 2. The van der Waals surface area contributed by atoms with Gasteiger partial charge in [0.1, 0.15) is 5.75 Å². The van der Waals surface area contributed by atoms with Gasteiger partial charge >= 0.3 is 12.0 Å². The number of hydrogen-bond acceptors (Lipinski definition) is 3. The molecule has 0 saturated heterocycles. The van der Waals surface area contributed by atoms with Crippen molar-refractivity contribution in [2.75, 3.05) is 11.9 Å². The second-order valence-corrected chi connectivity index (χ2v) is 5.76. The molecule has 108 valence electrons. The molecule has 6 nitrogen and oxygen atoms in total. The Morgan fingerprint density at radius 2 is 2.05 bits per heavy atom. The molecule has 2 rings (SSSR count). The van der Waals surface area contributed by atoms with Crippen molar-refractivity contribution in [1.82, 2.24) is 5.32 Å². The van der Waals surface area contributed by atoms with Crippen molar-refractivity contribution < 1.29 is 19.8 Å². The predicted octanol–water partition coefficient (Wildman–Crippen LogP) is 2.26. The normalized spacial score (nSPS) is 19.2. The highest BCUT2D eigenvalue weighted by atomic mass is 16.4. The van der Waals surface area contributed by atoms with Gasteiger partial charge in [0.05, 0.1) is 11.3 Å². The van der Waals surface area contributed by atoms with E-state index in [-0.39, 0.29) is 17.0 Å². The first kappa shape index (κ1) is 14.2. The number of phenols is 1. The van der Waals surface area contributed by atoms with Crippen LogP contribution in [0.2, 0.25) is 0 Å². The maximum atomic E-state index is 11.7. The highest BCUT2D eigenvalue weighted by molar-refractivity contribution is 5.93. The molecule has 0 bridgehead atoms. The summed E-state index contributed by atoms with van der Waals surface area (Å²) in [5, 5.41) is 23.7. The zero-order chi connectivity index (χ0) is 14.9. The van der Waals surface area contributed by atoms with Crippen LogP contribution in [0.3, 0.4) is 0 Å². The van der Waals surface area contributed by atoms with Crippen molar-refractivity contribution in [2.24, 2.45) is 11.3 Å². The molecule has 1 fully saturated rings. The third kappa shape index (κ3) is 3.20. The number of carbonyl (C=O) groups excluding carboxylic acids is 1. The molecule has 0 spiro atoms. The van der Waals surface area contributed by atoms with Crippen molar-refractivity contribution >= 4 is 17.7 Å². The molecule has 1 aliphatic rings. The van der Waals surface area contributed by atoms with E-state index >= 15 is 0 Å². The van der Waals surface area contributed by atoms with Crippen LogP contribution in [0.4, 0.5) is 10.5 Å². The Hall–Kier alpha value is -2.24. The fraction of sp³-hybridized carbons (Fsp3) is 0.429. The second kappa shape index (κ2) is 5.03. The maximum absolute atomic E-state index is 11.7. The number of benzene rings is 1. The van der Waals surface area contributed by atoms with Crippen LogP contribution in [-0.2, 0) is 0 Å². The molecule has 1 aromatic carbocycles. The fourth-order valence-electron chi connectivity index (χ4n) is 2.08. The molecule has 4 N–H and O–H groups in total. The van der Waals surface area contributed by atoms with Crippen molar-refractivity contribution in [3.63, 3.8) is 0 Å². The number of rotatable bonds is 4. The van der Waals surface area contributed by atoms with Gasteiger partial charge in [-0.1, -0.05) is 13.8 Å². The Bertz CT molecular complexity index is 554. The van der Waals surface area contributed by atoms with E-state index in [1.165, 1.54) is 12.1 Å². The highest BCUT2D eigenvalue weighted by Crippen LogP contribution is 2.50. The number of anilines is 1. The quantitative estimate of drug-likeness (QED) is 0.635. The first-order chi connectivity index (χ1) is 9.29. The molecule has 1 saturated carbocycles. The van der Waals surface area contributed by atoms with Crippen LogP contribution in [0.1, 0.15) is 30.6 Å². The van der Waals surface area contributed by atoms with Crippen LogP contribution in [0.5, 0.6) is 5.75 Å². The average Bonchev–Trinajstić information content (AvgIpc) is 2.97. The Labute approximate surface area is 116 Å². The summed E-state index contributed by atoms with van der Waals surface area (Å²) in [7, 11) is 0. The number of nitrogens with one attached hydrogen (secondary N) is 2. The summed E-state index contributed by atoms with van der Waals surface area (Å²) in [6.07, 6.45) is 1.09. The molecule has 1 unspecified atom stereocenters. The van der Waals surface area contributed by atoms with E-state index in [1.807, 2.05) is 0 Å². The minimum atomic E-state index is -1.13. The van der Waals surface area contributed by atoms with Gasteiger partial charge in [0.2, 0.25) is 0 Å². The molecule has 1 aromatic rings. The summed E-state index contributed by atoms with van der Waals surface area (Å²) < 4.78 is 0.